The number of nitrogens with two attached hydrogens (primary N) is 1. The SMILES string of the molecule is CSc1ccc(NC(=O)CC2CCC(CC(N)=O)C23CC3)cc1. The smallest absolute Gasteiger partial charge is 0.224 e. The Kier molecular flexibility index (Phi) is 4.67. The Morgan fingerprint density at radius 3 is 2.30 bits per heavy atom. The minimum absolute atomic E-state index is 0.0814. The Hall–Kier alpha value is -1.49. The lowest BCUT2D eigenvalue weighted by atomic mass is 9.82. The molecule has 4 nitrogen and oxygen atoms in total. The lowest BCUT2D eigenvalue weighted by Gasteiger charge is -2.23. The molecule has 0 aromatic heterocycles. The van der Waals surface area contributed by atoms with Crippen LogP contribution in [0.25, 0.3) is 0 Å². The van der Waals surface area contributed by atoms with Gasteiger partial charge in [-0.1, -0.05) is 0 Å². The van der Waals surface area contributed by atoms with E-state index >= 15 is 0 Å². The minimum Gasteiger partial charge on any atom is -0.370 e. The monoisotopic (exact) mass is 332 g/mol. The van der Waals surface area contributed by atoms with Gasteiger partial charge >= 0.3 is 0 Å². The summed E-state index contributed by atoms with van der Waals surface area (Å²) in [6, 6.07) is 7.92. The van der Waals surface area contributed by atoms with Crippen LogP contribution in [-0.4, -0.2) is 18.1 Å². The highest BCUT2D eigenvalue weighted by atomic mass is 32.2. The van der Waals surface area contributed by atoms with E-state index in [1.807, 2.05) is 30.5 Å². The Labute approximate surface area is 141 Å². The third-order valence-electron chi connectivity index (χ3n) is 5.57. The molecule has 2 aliphatic rings. The normalized spacial score (nSPS) is 24.6. The Bertz CT molecular complexity index is 596. The van der Waals surface area contributed by atoms with Gasteiger partial charge in [-0.05, 0) is 73.5 Å². The molecule has 23 heavy (non-hydrogen) atoms. The molecule has 124 valence electrons. The Balaban J connectivity index is 1.57. The first-order valence-corrected chi connectivity index (χ1v) is 9.48. The second kappa shape index (κ2) is 6.56. The van der Waals surface area contributed by atoms with Gasteiger partial charge in [-0.3, -0.25) is 9.59 Å². The number of benzene rings is 1. The fourth-order valence-electron chi connectivity index (χ4n) is 4.24. The number of carbonyl (C=O) groups is 2. The number of hydrogen-bond acceptors (Lipinski definition) is 3. The molecule has 0 heterocycles. The van der Waals surface area contributed by atoms with E-state index in [0.29, 0.717) is 24.7 Å². The van der Waals surface area contributed by atoms with Gasteiger partial charge in [0.15, 0.2) is 0 Å². The van der Waals surface area contributed by atoms with Gasteiger partial charge in [-0.25, -0.2) is 0 Å². The van der Waals surface area contributed by atoms with Crippen molar-refractivity contribution in [1.82, 2.24) is 0 Å². The standard InChI is InChI=1S/C18H24N2O2S/c1-23-15-6-4-14(5-7-15)20-17(22)11-13-3-2-12(10-16(19)21)18(13)8-9-18/h4-7,12-13H,2-3,8-11H2,1H3,(H2,19,21)(H,20,22). The first-order valence-electron chi connectivity index (χ1n) is 8.26. The van der Waals surface area contributed by atoms with Gasteiger partial charge in [-0.2, -0.15) is 0 Å². The first-order chi connectivity index (χ1) is 11.0. The number of nitrogens with one attached hydrogen (secondary N) is 1. The summed E-state index contributed by atoms with van der Waals surface area (Å²) < 4.78 is 0. The molecule has 2 aliphatic carbocycles. The molecule has 1 aromatic rings. The van der Waals surface area contributed by atoms with Crippen LogP contribution in [-0.2, 0) is 9.59 Å². The molecular weight excluding hydrogens is 308 g/mol. The van der Waals surface area contributed by atoms with Crippen molar-refractivity contribution in [3.05, 3.63) is 24.3 Å². The van der Waals surface area contributed by atoms with E-state index in [2.05, 4.69) is 5.32 Å². The summed E-state index contributed by atoms with van der Waals surface area (Å²) in [6.45, 7) is 0. The third kappa shape index (κ3) is 3.55. The molecule has 3 N–H and O–H groups in total. The molecule has 5 heteroatoms. The molecule has 2 atom stereocenters. The molecular formula is C18H24N2O2S. The van der Waals surface area contributed by atoms with Gasteiger partial charge in [-0.15, -0.1) is 11.8 Å². The van der Waals surface area contributed by atoms with Crippen LogP contribution in [0.2, 0.25) is 0 Å². The summed E-state index contributed by atoms with van der Waals surface area (Å²) in [7, 11) is 0. The van der Waals surface area contributed by atoms with Crippen molar-refractivity contribution in [2.24, 2.45) is 23.0 Å². The molecule has 2 saturated carbocycles. The van der Waals surface area contributed by atoms with Gasteiger partial charge in [0.25, 0.3) is 0 Å². The molecule has 0 bridgehead atoms. The van der Waals surface area contributed by atoms with Crippen molar-refractivity contribution in [3.8, 4) is 0 Å². The second-order valence-electron chi connectivity index (χ2n) is 6.86. The molecule has 1 aromatic carbocycles. The topological polar surface area (TPSA) is 72.2 Å². The average Bonchev–Trinajstić information content (AvgIpc) is 3.25. The minimum atomic E-state index is -0.208. The summed E-state index contributed by atoms with van der Waals surface area (Å²) in [5.41, 5.74) is 6.44. The van der Waals surface area contributed by atoms with Crippen LogP contribution in [0, 0.1) is 17.3 Å². The molecule has 0 radical (unpaired) electrons. The number of amides is 2. The van der Waals surface area contributed by atoms with Gasteiger partial charge in [0.2, 0.25) is 11.8 Å². The number of primary amides is 1. The van der Waals surface area contributed by atoms with Gasteiger partial charge in [0.1, 0.15) is 0 Å². The number of thioether (sulfide) groups is 1. The molecule has 0 saturated heterocycles. The van der Waals surface area contributed by atoms with E-state index in [1.165, 1.54) is 4.90 Å². The van der Waals surface area contributed by atoms with E-state index in [-0.39, 0.29) is 17.2 Å². The molecule has 1 spiro atoms. The molecule has 2 fully saturated rings. The van der Waals surface area contributed by atoms with Crippen LogP contribution in [0.3, 0.4) is 0 Å². The quantitative estimate of drug-likeness (QED) is 0.784. The number of hydrogen-bond donors (Lipinski definition) is 2. The van der Waals surface area contributed by atoms with Crippen LogP contribution < -0.4 is 11.1 Å². The lowest BCUT2D eigenvalue weighted by molar-refractivity contribution is -0.119. The third-order valence-corrected chi connectivity index (χ3v) is 6.31. The predicted molar refractivity (Wildman–Crippen MR) is 93.2 cm³/mol. The van der Waals surface area contributed by atoms with Crippen molar-refractivity contribution in [1.29, 1.82) is 0 Å². The van der Waals surface area contributed by atoms with E-state index in [1.54, 1.807) is 11.8 Å². The number of anilines is 1. The van der Waals surface area contributed by atoms with Crippen molar-refractivity contribution in [3.63, 3.8) is 0 Å². The maximum Gasteiger partial charge on any atom is 0.224 e. The van der Waals surface area contributed by atoms with E-state index in [0.717, 1.165) is 31.4 Å². The fraction of sp³-hybridized carbons (Fsp3) is 0.556. The molecule has 3 rings (SSSR count). The lowest BCUT2D eigenvalue weighted by Crippen LogP contribution is -2.25. The second-order valence-corrected chi connectivity index (χ2v) is 7.74. The van der Waals surface area contributed by atoms with Crippen LogP contribution in [0.4, 0.5) is 5.69 Å². The van der Waals surface area contributed by atoms with E-state index in [4.69, 9.17) is 5.73 Å². The zero-order valence-electron chi connectivity index (χ0n) is 13.5. The Morgan fingerprint density at radius 2 is 1.78 bits per heavy atom. The predicted octanol–water partition coefficient (Wildman–Crippen LogP) is 3.42. The van der Waals surface area contributed by atoms with Crippen LogP contribution >= 0.6 is 11.8 Å². The highest BCUT2D eigenvalue weighted by molar-refractivity contribution is 7.98. The van der Waals surface area contributed by atoms with Crippen LogP contribution in [0.15, 0.2) is 29.2 Å². The largest absolute Gasteiger partial charge is 0.370 e. The van der Waals surface area contributed by atoms with Crippen molar-refractivity contribution >= 4 is 29.3 Å². The summed E-state index contributed by atoms with van der Waals surface area (Å²) in [6.07, 6.45) is 7.43. The van der Waals surface area contributed by atoms with Crippen molar-refractivity contribution in [2.75, 3.05) is 11.6 Å². The van der Waals surface area contributed by atoms with Gasteiger partial charge < -0.3 is 11.1 Å². The number of carbonyl (C=O) groups excluding carboxylic acids is 2. The summed E-state index contributed by atoms with van der Waals surface area (Å²) in [4.78, 5) is 24.8. The fourth-order valence-corrected chi connectivity index (χ4v) is 4.64. The van der Waals surface area contributed by atoms with Crippen LogP contribution in [0.1, 0.15) is 38.5 Å². The molecule has 2 unspecified atom stereocenters. The molecule has 2 amide bonds. The zero-order chi connectivity index (χ0) is 16.4. The molecule has 0 aliphatic heterocycles. The van der Waals surface area contributed by atoms with Crippen LogP contribution in [0.5, 0.6) is 0 Å². The summed E-state index contributed by atoms with van der Waals surface area (Å²) in [5, 5.41) is 3.00. The van der Waals surface area contributed by atoms with Crippen molar-refractivity contribution in [2.45, 2.75) is 43.4 Å². The van der Waals surface area contributed by atoms with Gasteiger partial charge in [0.05, 0.1) is 0 Å². The van der Waals surface area contributed by atoms with Crippen molar-refractivity contribution < 1.29 is 9.59 Å². The zero-order valence-corrected chi connectivity index (χ0v) is 14.3. The maximum atomic E-state index is 12.4. The maximum absolute atomic E-state index is 12.4. The first kappa shape index (κ1) is 16.4. The Morgan fingerprint density at radius 1 is 1.17 bits per heavy atom. The highest BCUT2D eigenvalue weighted by Gasteiger charge is 2.58. The summed E-state index contributed by atoms with van der Waals surface area (Å²) in [5.74, 6) is 0.661. The van der Waals surface area contributed by atoms with E-state index < -0.39 is 0 Å². The number of rotatable bonds is 6. The van der Waals surface area contributed by atoms with Gasteiger partial charge in [0, 0.05) is 23.4 Å². The highest BCUT2D eigenvalue weighted by Crippen LogP contribution is 2.66. The van der Waals surface area contributed by atoms with E-state index in [9.17, 15) is 9.59 Å². The average molecular weight is 332 g/mol. The summed E-state index contributed by atoms with van der Waals surface area (Å²) >= 11 is 1.69.